The molecule has 2 rings (SSSR count). The maximum Gasteiger partial charge on any atom is 0.252 e. The predicted molar refractivity (Wildman–Crippen MR) is 58.9 cm³/mol. The van der Waals surface area contributed by atoms with E-state index in [4.69, 9.17) is 11.6 Å². The third-order valence-electron chi connectivity index (χ3n) is 2.30. The molecule has 0 aliphatic heterocycles. The second kappa shape index (κ2) is 3.43. The van der Waals surface area contributed by atoms with Gasteiger partial charge in [0.2, 0.25) is 0 Å². The van der Waals surface area contributed by atoms with Crippen LogP contribution in [0.1, 0.15) is 15.9 Å². The molecule has 0 heterocycles. The van der Waals surface area contributed by atoms with E-state index in [-0.39, 0.29) is 0 Å². The predicted octanol–water partition coefficient (Wildman–Crippen LogP) is 3.53. The van der Waals surface area contributed by atoms with Crippen molar-refractivity contribution < 1.29 is 4.79 Å². The maximum absolute atomic E-state index is 11.0. The standard InChI is InChI=1S/C12H9ClO/c1-8-6-10(12(13)14)7-9-4-2-3-5-11(8)9/h2-7H,1H3. The number of hydrogen-bond acceptors (Lipinski definition) is 1. The molecule has 0 atom stereocenters. The number of rotatable bonds is 1. The zero-order chi connectivity index (χ0) is 10.1. The van der Waals surface area contributed by atoms with E-state index in [0.29, 0.717) is 5.56 Å². The van der Waals surface area contributed by atoms with Crippen LogP contribution in [0, 0.1) is 6.92 Å². The molecule has 0 aliphatic rings. The van der Waals surface area contributed by atoms with Crippen LogP contribution in [0.5, 0.6) is 0 Å². The van der Waals surface area contributed by atoms with Gasteiger partial charge >= 0.3 is 0 Å². The number of carbonyl (C=O) groups excluding carboxylic acids is 1. The van der Waals surface area contributed by atoms with Gasteiger partial charge < -0.3 is 0 Å². The van der Waals surface area contributed by atoms with Gasteiger partial charge in [0.05, 0.1) is 0 Å². The van der Waals surface area contributed by atoms with E-state index in [1.165, 1.54) is 0 Å². The van der Waals surface area contributed by atoms with Crippen LogP contribution >= 0.6 is 11.6 Å². The quantitative estimate of drug-likeness (QED) is 0.650. The summed E-state index contributed by atoms with van der Waals surface area (Å²) in [7, 11) is 0. The van der Waals surface area contributed by atoms with Gasteiger partial charge in [-0.15, -0.1) is 0 Å². The lowest BCUT2D eigenvalue weighted by Gasteiger charge is -2.03. The Hall–Kier alpha value is -1.34. The molecule has 0 saturated heterocycles. The highest BCUT2D eigenvalue weighted by molar-refractivity contribution is 6.67. The summed E-state index contributed by atoms with van der Waals surface area (Å²) in [5.41, 5.74) is 1.63. The number of hydrogen-bond donors (Lipinski definition) is 0. The largest absolute Gasteiger partial charge is 0.276 e. The molecular weight excluding hydrogens is 196 g/mol. The average molecular weight is 205 g/mol. The topological polar surface area (TPSA) is 17.1 Å². The minimum Gasteiger partial charge on any atom is -0.276 e. The van der Waals surface area contributed by atoms with Gasteiger partial charge in [-0.25, -0.2) is 0 Å². The van der Waals surface area contributed by atoms with Crippen molar-refractivity contribution in [3.8, 4) is 0 Å². The molecular formula is C12H9ClO. The van der Waals surface area contributed by atoms with Crippen molar-refractivity contribution in [2.75, 3.05) is 0 Å². The van der Waals surface area contributed by atoms with E-state index in [0.717, 1.165) is 16.3 Å². The highest BCUT2D eigenvalue weighted by Gasteiger charge is 2.04. The van der Waals surface area contributed by atoms with Crippen LogP contribution < -0.4 is 0 Å². The first kappa shape index (κ1) is 9.22. The van der Waals surface area contributed by atoms with Crippen LogP contribution in [0.25, 0.3) is 10.8 Å². The number of aryl methyl sites for hydroxylation is 1. The van der Waals surface area contributed by atoms with Crippen molar-refractivity contribution in [1.29, 1.82) is 0 Å². The number of fused-ring (bicyclic) bond motifs is 1. The lowest BCUT2D eigenvalue weighted by molar-refractivity contribution is 0.108. The summed E-state index contributed by atoms with van der Waals surface area (Å²) < 4.78 is 0. The second-order valence-corrected chi connectivity index (χ2v) is 3.63. The van der Waals surface area contributed by atoms with Gasteiger partial charge in [-0.05, 0) is 47.0 Å². The molecule has 2 aromatic carbocycles. The first-order chi connectivity index (χ1) is 6.68. The Bertz CT molecular complexity index is 503. The Morgan fingerprint density at radius 1 is 1.21 bits per heavy atom. The minimum absolute atomic E-state index is 0.404. The van der Waals surface area contributed by atoms with Gasteiger partial charge in [0.15, 0.2) is 0 Å². The van der Waals surface area contributed by atoms with Gasteiger partial charge in [0.1, 0.15) is 0 Å². The summed E-state index contributed by atoms with van der Waals surface area (Å²) in [5.74, 6) is 0. The Balaban J connectivity index is 2.78. The van der Waals surface area contributed by atoms with E-state index < -0.39 is 5.24 Å². The van der Waals surface area contributed by atoms with Gasteiger partial charge in [0.25, 0.3) is 5.24 Å². The van der Waals surface area contributed by atoms with E-state index in [1.54, 1.807) is 0 Å². The van der Waals surface area contributed by atoms with Gasteiger partial charge in [-0.1, -0.05) is 24.3 Å². The third-order valence-corrected chi connectivity index (χ3v) is 2.51. The molecule has 0 saturated carbocycles. The Labute approximate surface area is 87.3 Å². The van der Waals surface area contributed by atoms with Crippen LogP contribution in [0.2, 0.25) is 0 Å². The highest BCUT2D eigenvalue weighted by atomic mass is 35.5. The van der Waals surface area contributed by atoms with E-state index in [9.17, 15) is 4.79 Å². The maximum atomic E-state index is 11.0. The molecule has 0 radical (unpaired) electrons. The zero-order valence-electron chi connectivity index (χ0n) is 7.75. The minimum atomic E-state index is -0.404. The Morgan fingerprint density at radius 2 is 1.93 bits per heavy atom. The molecule has 2 aromatic rings. The monoisotopic (exact) mass is 204 g/mol. The van der Waals surface area contributed by atoms with E-state index >= 15 is 0 Å². The number of halogens is 1. The van der Waals surface area contributed by atoms with Crippen molar-refractivity contribution in [2.24, 2.45) is 0 Å². The summed E-state index contributed by atoms with van der Waals surface area (Å²) in [6.07, 6.45) is 0. The Morgan fingerprint density at radius 3 is 2.64 bits per heavy atom. The smallest absolute Gasteiger partial charge is 0.252 e. The normalized spacial score (nSPS) is 10.4. The van der Waals surface area contributed by atoms with Crippen LogP contribution in [-0.4, -0.2) is 5.24 Å². The van der Waals surface area contributed by atoms with Gasteiger partial charge in [0, 0.05) is 5.56 Å². The van der Waals surface area contributed by atoms with Gasteiger partial charge in [-0.2, -0.15) is 0 Å². The van der Waals surface area contributed by atoms with Crippen molar-refractivity contribution in [3.63, 3.8) is 0 Å². The molecule has 0 N–H and O–H groups in total. The molecule has 0 aromatic heterocycles. The molecule has 0 spiro atoms. The molecule has 0 bridgehead atoms. The fraction of sp³-hybridized carbons (Fsp3) is 0.0833. The van der Waals surface area contributed by atoms with Crippen LogP contribution in [0.15, 0.2) is 36.4 Å². The third kappa shape index (κ3) is 1.51. The summed E-state index contributed by atoms with van der Waals surface area (Å²) in [6, 6.07) is 11.6. The molecule has 2 heteroatoms. The van der Waals surface area contributed by atoms with Crippen LogP contribution in [0.4, 0.5) is 0 Å². The number of carbonyl (C=O) groups is 1. The van der Waals surface area contributed by atoms with Crippen LogP contribution in [0.3, 0.4) is 0 Å². The number of benzene rings is 2. The first-order valence-electron chi connectivity index (χ1n) is 4.38. The van der Waals surface area contributed by atoms with Crippen molar-refractivity contribution in [3.05, 3.63) is 47.5 Å². The molecule has 0 unspecified atom stereocenters. The molecule has 70 valence electrons. The summed E-state index contributed by atoms with van der Waals surface area (Å²) in [6.45, 7) is 1.98. The molecule has 0 amide bonds. The fourth-order valence-electron chi connectivity index (χ4n) is 1.62. The van der Waals surface area contributed by atoms with Crippen molar-refractivity contribution >= 4 is 27.6 Å². The summed E-state index contributed by atoms with van der Waals surface area (Å²) in [5, 5.41) is 1.81. The highest BCUT2D eigenvalue weighted by Crippen LogP contribution is 2.21. The molecule has 14 heavy (non-hydrogen) atoms. The first-order valence-corrected chi connectivity index (χ1v) is 4.75. The summed E-state index contributed by atoms with van der Waals surface area (Å²) in [4.78, 5) is 11.0. The molecule has 1 nitrogen and oxygen atoms in total. The summed E-state index contributed by atoms with van der Waals surface area (Å²) >= 11 is 5.44. The average Bonchev–Trinajstić information content (AvgIpc) is 2.17. The lowest BCUT2D eigenvalue weighted by atomic mass is 10.0. The fourth-order valence-corrected chi connectivity index (χ4v) is 1.72. The van der Waals surface area contributed by atoms with Crippen LogP contribution in [-0.2, 0) is 0 Å². The van der Waals surface area contributed by atoms with Gasteiger partial charge in [-0.3, -0.25) is 4.79 Å². The zero-order valence-corrected chi connectivity index (χ0v) is 8.51. The second-order valence-electron chi connectivity index (χ2n) is 3.29. The van der Waals surface area contributed by atoms with Crippen molar-refractivity contribution in [2.45, 2.75) is 6.92 Å². The lowest BCUT2D eigenvalue weighted by Crippen LogP contribution is -1.90. The SMILES string of the molecule is Cc1cc(C(=O)Cl)cc2ccccc12. The molecule has 0 fully saturated rings. The Kier molecular flexibility index (Phi) is 2.26. The van der Waals surface area contributed by atoms with E-state index in [1.807, 2.05) is 43.3 Å². The van der Waals surface area contributed by atoms with E-state index in [2.05, 4.69) is 0 Å². The molecule has 0 aliphatic carbocycles. The van der Waals surface area contributed by atoms with Crippen molar-refractivity contribution in [1.82, 2.24) is 0 Å².